The Kier molecular flexibility index (Phi) is 5.63. The third-order valence-corrected chi connectivity index (χ3v) is 5.82. The van der Waals surface area contributed by atoms with E-state index in [9.17, 15) is 9.59 Å². The zero-order valence-corrected chi connectivity index (χ0v) is 18.3. The van der Waals surface area contributed by atoms with Gasteiger partial charge in [0.25, 0.3) is 11.8 Å². The minimum absolute atomic E-state index is 0.206. The molecule has 0 unspecified atom stereocenters. The van der Waals surface area contributed by atoms with E-state index < -0.39 is 5.91 Å². The summed E-state index contributed by atoms with van der Waals surface area (Å²) in [5, 5.41) is 16.1. The molecule has 3 aromatic carbocycles. The third-order valence-electron chi connectivity index (χ3n) is 5.82. The Balaban J connectivity index is 1.35. The van der Waals surface area contributed by atoms with Crippen LogP contribution in [0.25, 0.3) is 0 Å². The van der Waals surface area contributed by atoms with Crippen LogP contribution in [0.1, 0.15) is 37.5 Å². The fourth-order valence-electron chi connectivity index (χ4n) is 4.11. The van der Waals surface area contributed by atoms with Crippen LogP contribution >= 0.6 is 0 Å². The first-order valence-corrected chi connectivity index (χ1v) is 10.9. The van der Waals surface area contributed by atoms with Crippen LogP contribution in [0.4, 0.5) is 11.4 Å². The summed E-state index contributed by atoms with van der Waals surface area (Å²) in [6, 6.07) is 26.8. The molecular formula is C27H21N5O2. The summed E-state index contributed by atoms with van der Waals surface area (Å²) < 4.78 is 1.57. The Morgan fingerprint density at radius 2 is 1.74 bits per heavy atom. The van der Waals surface area contributed by atoms with Crippen molar-refractivity contribution in [1.29, 1.82) is 5.26 Å². The summed E-state index contributed by atoms with van der Waals surface area (Å²) in [7, 11) is 0. The van der Waals surface area contributed by atoms with Gasteiger partial charge in [0, 0.05) is 17.9 Å². The quantitative estimate of drug-likeness (QED) is 0.495. The monoisotopic (exact) mass is 447 g/mol. The fraction of sp³-hybridized carbons (Fsp3) is 0.111. The highest BCUT2D eigenvalue weighted by Gasteiger charge is 2.32. The lowest BCUT2D eigenvalue weighted by atomic mass is 10.0. The smallest absolute Gasteiger partial charge is 0.277 e. The molecule has 5 rings (SSSR count). The average Bonchev–Trinajstić information content (AvgIpc) is 3.31. The second kappa shape index (κ2) is 9.04. The predicted molar refractivity (Wildman–Crippen MR) is 129 cm³/mol. The van der Waals surface area contributed by atoms with Crippen LogP contribution in [0.2, 0.25) is 0 Å². The molecule has 7 heteroatoms. The number of benzene rings is 3. The molecule has 0 aliphatic carbocycles. The molecule has 0 saturated carbocycles. The molecule has 0 spiro atoms. The van der Waals surface area contributed by atoms with Crippen molar-refractivity contribution in [2.45, 2.75) is 13.0 Å². The van der Waals surface area contributed by atoms with Gasteiger partial charge in [-0.1, -0.05) is 48.5 Å². The molecule has 34 heavy (non-hydrogen) atoms. The van der Waals surface area contributed by atoms with Gasteiger partial charge in [0.05, 0.1) is 29.9 Å². The van der Waals surface area contributed by atoms with Crippen LogP contribution in [-0.4, -0.2) is 28.1 Å². The first kappa shape index (κ1) is 21.2. The minimum Gasteiger partial charge on any atom is -0.322 e. The number of nitrogens with one attached hydrogen (secondary N) is 1. The van der Waals surface area contributed by atoms with Crippen LogP contribution in [0, 0.1) is 11.3 Å². The molecule has 2 amide bonds. The molecule has 0 radical (unpaired) electrons. The van der Waals surface area contributed by atoms with Gasteiger partial charge in [-0.15, -0.1) is 0 Å². The first-order valence-electron chi connectivity index (χ1n) is 10.9. The molecule has 7 nitrogen and oxygen atoms in total. The van der Waals surface area contributed by atoms with E-state index in [1.165, 1.54) is 11.8 Å². The van der Waals surface area contributed by atoms with Gasteiger partial charge in [0.15, 0.2) is 0 Å². The summed E-state index contributed by atoms with van der Waals surface area (Å²) in [5.74, 6) is -0.708. The predicted octanol–water partition coefficient (Wildman–Crippen LogP) is 4.26. The SMILES string of the molecule is N#Cc1cccc(NC(=O)c2cnn3c2C(=O)N(c2ccc(Cc4ccccc4)cc2)CC3)c1. The summed E-state index contributed by atoms with van der Waals surface area (Å²) >= 11 is 0. The minimum atomic E-state index is -0.440. The lowest BCUT2D eigenvalue weighted by Crippen LogP contribution is -2.41. The number of hydrogen-bond acceptors (Lipinski definition) is 4. The van der Waals surface area contributed by atoms with Gasteiger partial charge >= 0.3 is 0 Å². The summed E-state index contributed by atoms with van der Waals surface area (Å²) in [4.78, 5) is 28.0. The van der Waals surface area contributed by atoms with Gasteiger partial charge in [-0.3, -0.25) is 14.3 Å². The van der Waals surface area contributed by atoms with Crippen LogP contribution in [0.3, 0.4) is 0 Å². The molecule has 166 valence electrons. The molecule has 1 aromatic heterocycles. The van der Waals surface area contributed by atoms with Crippen molar-refractivity contribution in [3.8, 4) is 6.07 Å². The zero-order chi connectivity index (χ0) is 23.5. The Labute approximate surface area is 196 Å². The van der Waals surface area contributed by atoms with E-state index >= 15 is 0 Å². The average molecular weight is 447 g/mol. The van der Waals surface area contributed by atoms with Gasteiger partial charge in [0.2, 0.25) is 0 Å². The second-order valence-electron chi connectivity index (χ2n) is 8.06. The van der Waals surface area contributed by atoms with Gasteiger partial charge in [-0.25, -0.2) is 0 Å². The summed E-state index contributed by atoms with van der Waals surface area (Å²) in [6.07, 6.45) is 2.24. The van der Waals surface area contributed by atoms with Crippen molar-refractivity contribution in [2.24, 2.45) is 0 Å². The standard InChI is InChI=1S/C27H21N5O2/c28-17-21-7-4-8-22(16-21)30-26(33)24-18-29-32-14-13-31(27(34)25(24)32)23-11-9-20(10-12-23)15-19-5-2-1-3-6-19/h1-12,16,18H,13-15H2,(H,30,33). The maximum Gasteiger partial charge on any atom is 0.277 e. The third kappa shape index (κ3) is 4.17. The van der Waals surface area contributed by atoms with Crippen molar-refractivity contribution in [2.75, 3.05) is 16.8 Å². The highest BCUT2D eigenvalue weighted by Crippen LogP contribution is 2.25. The molecule has 0 bridgehead atoms. The molecule has 2 heterocycles. The molecule has 4 aromatic rings. The topological polar surface area (TPSA) is 91.0 Å². The van der Waals surface area contributed by atoms with Gasteiger partial charge < -0.3 is 10.2 Å². The number of carbonyl (C=O) groups excluding carboxylic acids is 2. The normalized spacial score (nSPS) is 12.7. The molecule has 0 saturated heterocycles. The number of nitrogens with zero attached hydrogens (tertiary/aromatic N) is 4. The van der Waals surface area contributed by atoms with Crippen LogP contribution in [0.5, 0.6) is 0 Å². The number of nitriles is 1. The maximum absolute atomic E-state index is 13.4. The van der Waals surface area contributed by atoms with E-state index in [4.69, 9.17) is 5.26 Å². The van der Waals surface area contributed by atoms with Gasteiger partial charge in [0.1, 0.15) is 5.69 Å². The maximum atomic E-state index is 13.4. The highest BCUT2D eigenvalue weighted by molar-refractivity contribution is 6.15. The number of hydrogen-bond donors (Lipinski definition) is 1. The number of rotatable bonds is 5. The molecule has 1 aliphatic rings. The van der Waals surface area contributed by atoms with Crippen molar-refractivity contribution in [3.05, 3.63) is 113 Å². The Morgan fingerprint density at radius 1 is 0.971 bits per heavy atom. The first-order chi connectivity index (χ1) is 16.6. The summed E-state index contributed by atoms with van der Waals surface area (Å²) in [5.41, 5.74) is 4.55. The van der Waals surface area contributed by atoms with Crippen LogP contribution in [0.15, 0.2) is 85.1 Å². The summed E-state index contributed by atoms with van der Waals surface area (Å²) in [6.45, 7) is 0.959. The lowest BCUT2D eigenvalue weighted by molar-refractivity contribution is 0.0947. The van der Waals surface area contributed by atoms with E-state index in [0.717, 1.165) is 17.7 Å². The molecule has 0 fully saturated rings. The van der Waals surface area contributed by atoms with E-state index in [-0.39, 0.29) is 17.2 Å². The van der Waals surface area contributed by atoms with E-state index in [0.29, 0.717) is 24.3 Å². The molecular weight excluding hydrogens is 426 g/mol. The Morgan fingerprint density at radius 3 is 2.50 bits per heavy atom. The number of carbonyl (C=O) groups is 2. The van der Waals surface area contributed by atoms with Crippen molar-refractivity contribution in [1.82, 2.24) is 9.78 Å². The van der Waals surface area contributed by atoms with Gasteiger partial charge in [-0.05, 0) is 47.9 Å². The number of anilines is 2. The van der Waals surface area contributed by atoms with Crippen molar-refractivity contribution in [3.63, 3.8) is 0 Å². The van der Waals surface area contributed by atoms with Crippen LogP contribution < -0.4 is 10.2 Å². The van der Waals surface area contributed by atoms with Crippen LogP contribution in [-0.2, 0) is 13.0 Å². The number of amides is 2. The number of aromatic nitrogens is 2. The highest BCUT2D eigenvalue weighted by atomic mass is 16.2. The van der Waals surface area contributed by atoms with Crippen molar-refractivity contribution < 1.29 is 9.59 Å². The Bertz CT molecular complexity index is 1400. The lowest BCUT2D eigenvalue weighted by Gasteiger charge is -2.28. The van der Waals surface area contributed by atoms with Crippen molar-refractivity contribution >= 4 is 23.2 Å². The fourth-order valence-corrected chi connectivity index (χ4v) is 4.11. The number of fused-ring (bicyclic) bond motifs is 1. The van der Waals surface area contributed by atoms with E-state index in [2.05, 4.69) is 22.5 Å². The molecule has 0 atom stereocenters. The second-order valence-corrected chi connectivity index (χ2v) is 8.06. The van der Waals surface area contributed by atoms with E-state index in [1.54, 1.807) is 33.8 Å². The van der Waals surface area contributed by atoms with E-state index in [1.807, 2.05) is 48.5 Å². The van der Waals surface area contributed by atoms with Gasteiger partial charge in [-0.2, -0.15) is 10.4 Å². The largest absolute Gasteiger partial charge is 0.322 e. The zero-order valence-electron chi connectivity index (χ0n) is 18.3. The molecule has 1 aliphatic heterocycles. The Hall–Kier alpha value is -4.70. The molecule has 1 N–H and O–H groups in total.